The highest BCUT2D eigenvalue weighted by Crippen LogP contribution is 2.61. The minimum atomic E-state index is 0.0652. The van der Waals surface area contributed by atoms with Crippen LogP contribution in [0, 0.1) is 30.1 Å². The second-order valence-corrected chi connectivity index (χ2v) is 18.1. The predicted molar refractivity (Wildman–Crippen MR) is 217 cm³/mol. The van der Waals surface area contributed by atoms with Gasteiger partial charge in [0.15, 0.2) is 11.6 Å². The van der Waals surface area contributed by atoms with Crippen molar-refractivity contribution in [3.63, 3.8) is 0 Å². The number of Topliss-reactive ketones (excluding diaryl/α,β-unsaturated/α-hetero) is 2. The van der Waals surface area contributed by atoms with E-state index < -0.39 is 0 Å². The summed E-state index contributed by atoms with van der Waals surface area (Å²) < 4.78 is 2.26. The summed E-state index contributed by atoms with van der Waals surface area (Å²) in [6.07, 6.45) is 16.2. The van der Waals surface area contributed by atoms with E-state index in [1.807, 2.05) is 26.1 Å². The van der Waals surface area contributed by atoms with Gasteiger partial charge in [0.2, 0.25) is 5.91 Å². The van der Waals surface area contributed by atoms with E-state index in [1.165, 1.54) is 38.5 Å². The predicted octanol–water partition coefficient (Wildman–Crippen LogP) is 8.64. The molecule has 2 aromatic heterocycles. The van der Waals surface area contributed by atoms with Gasteiger partial charge in [-0.25, -0.2) is 4.98 Å². The normalized spacial score (nSPS) is 25.6. The van der Waals surface area contributed by atoms with Crippen molar-refractivity contribution in [1.29, 1.82) is 0 Å². The number of carbonyl (C=O) groups excluding carboxylic acids is 3. The molecule has 0 spiro atoms. The zero-order chi connectivity index (χ0) is 37.7. The van der Waals surface area contributed by atoms with E-state index in [0.29, 0.717) is 24.7 Å². The maximum absolute atomic E-state index is 14.0. The summed E-state index contributed by atoms with van der Waals surface area (Å²) in [4.78, 5) is 49.6. The highest BCUT2D eigenvalue weighted by Gasteiger charge is 2.51. The van der Waals surface area contributed by atoms with Gasteiger partial charge in [0, 0.05) is 99.0 Å². The molecule has 8 heteroatoms. The van der Waals surface area contributed by atoms with Gasteiger partial charge in [-0.3, -0.25) is 19.3 Å². The Bertz CT molecular complexity index is 1970. The molecule has 1 N–H and O–H groups in total. The lowest BCUT2D eigenvalue weighted by atomic mass is 9.49. The number of amides is 1. The Hall–Kier alpha value is -4.04. The summed E-state index contributed by atoms with van der Waals surface area (Å²) in [5, 5.41) is 4.28. The number of nitrogens with zero attached hydrogens (tertiary/aromatic N) is 4. The average molecular weight is 730 g/mol. The fourth-order valence-electron chi connectivity index (χ4n) is 11.4. The van der Waals surface area contributed by atoms with Gasteiger partial charge in [-0.1, -0.05) is 11.6 Å². The monoisotopic (exact) mass is 729 g/mol. The van der Waals surface area contributed by atoms with E-state index in [4.69, 9.17) is 4.98 Å². The highest BCUT2D eigenvalue weighted by molar-refractivity contribution is 6.11. The van der Waals surface area contributed by atoms with E-state index in [2.05, 4.69) is 70.9 Å². The molecule has 0 atom stereocenters. The number of fused-ring (bicyclic) bond motifs is 1. The third-order valence-corrected chi connectivity index (χ3v) is 13.5. The van der Waals surface area contributed by atoms with E-state index >= 15 is 0 Å². The summed E-state index contributed by atoms with van der Waals surface area (Å²) in [7, 11) is 0. The number of aromatic nitrogens is 2. The van der Waals surface area contributed by atoms with Crippen molar-refractivity contribution in [1.82, 2.24) is 19.8 Å². The number of anilines is 1. The molecule has 3 aromatic rings. The van der Waals surface area contributed by atoms with E-state index in [1.54, 1.807) is 0 Å². The first-order valence-electron chi connectivity index (χ1n) is 20.7. The van der Waals surface area contributed by atoms with Crippen LogP contribution in [0.2, 0.25) is 0 Å². The van der Waals surface area contributed by atoms with Crippen LogP contribution in [0.3, 0.4) is 0 Å². The molecule has 5 aliphatic carbocycles. The first-order chi connectivity index (χ1) is 25.9. The molecule has 1 aliphatic heterocycles. The number of benzene rings is 1. The molecule has 54 heavy (non-hydrogen) atoms. The molecule has 6 aliphatic rings. The maximum Gasteiger partial charge on any atom is 0.220 e. The highest BCUT2D eigenvalue weighted by atomic mass is 16.1. The van der Waals surface area contributed by atoms with Crippen molar-refractivity contribution in [3.05, 3.63) is 70.6 Å². The molecule has 0 radical (unpaired) electrons. The average Bonchev–Trinajstić information content (AvgIpc) is 3.46. The molecule has 4 bridgehead atoms. The zero-order valence-corrected chi connectivity index (χ0v) is 33.2. The number of hydrogen-bond acceptors (Lipinski definition) is 6. The number of ketones is 2. The molecule has 4 saturated carbocycles. The van der Waals surface area contributed by atoms with Crippen LogP contribution in [-0.4, -0.2) is 71.2 Å². The van der Waals surface area contributed by atoms with Crippen molar-refractivity contribution in [3.8, 4) is 11.1 Å². The van der Waals surface area contributed by atoms with Gasteiger partial charge in [0.1, 0.15) is 5.82 Å². The van der Waals surface area contributed by atoms with Crippen LogP contribution in [0.25, 0.3) is 22.0 Å². The summed E-state index contributed by atoms with van der Waals surface area (Å²) in [5.41, 5.74) is 7.95. The number of nitrogens with one attached hydrogen (secondary N) is 1. The lowest BCUT2D eigenvalue weighted by Gasteiger charge is -2.56. The smallest absolute Gasteiger partial charge is 0.220 e. The maximum atomic E-state index is 14.0. The SMILES string of the molecule is CC1=CC(C)=C(CCC(=O)c2cc(-c3ccc(N4CCN(CCNC(=O)CC56CC7CC(CC(C7)C5)C6)CC4)nc3)cc3c2c(C)cn3C(C)C)C(=O)C1. The quantitative estimate of drug-likeness (QED) is 0.188. The number of piperazine rings is 1. The lowest BCUT2D eigenvalue weighted by molar-refractivity contribution is -0.129. The topological polar surface area (TPSA) is 87.5 Å². The first kappa shape index (κ1) is 36.9. The molecule has 3 heterocycles. The molecule has 5 fully saturated rings. The molecule has 1 saturated heterocycles. The van der Waals surface area contributed by atoms with Crippen molar-refractivity contribution < 1.29 is 14.4 Å². The fraction of sp³-hybridized carbons (Fsp3) is 0.565. The van der Waals surface area contributed by atoms with Crippen molar-refractivity contribution in [2.24, 2.45) is 23.2 Å². The van der Waals surface area contributed by atoms with Gasteiger partial charge < -0.3 is 14.8 Å². The van der Waals surface area contributed by atoms with Crippen LogP contribution >= 0.6 is 0 Å². The lowest BCUT2D eigenvalue weighted by Crippen LogP contribution is -2.50. The summed E-state index contributed by atoms with van der Waals surface area (Å²) >= 11 is 0. The third-order valence-electron chi connectivity index (χ3n) is 13.5. The standard InChI is InChI=1S/C46H59N5O3/c1-29(2)51-28-32(5)45-39(41(52)8-7-38-31(4)16-30(3)17-42(38)53)21-37(22-40(45)51)36-6-9-43(48-27-36)50-14-12-49(13-15-50)11-10-47-44(54)26-46-23-33-18-34(24-46)20-35(19-33)25-46/h6,9,16,21-22,27-29,33-35H,7-8,10-15,17-20,23-26H2,1-5H3,(H,47,54). The van der Waals surface area contributed by atoms with Gasteiger partial charge in [-0.2, -0.15) is 0 Å². The minimum Gasteiger partial charge on any atom is -0.355 e. The van der Waals surface area contributed by atoms with Crippen molar-refractivity contribution in [2.75, 3.05) is 44.2 Å². The molecule has 286 valence electrons. The summed E-state index contributed by atoms with van der Waals surface area (Å²) in [6.45, 7) is 15.7. The number of allylic oxidation sites excluding steroid dienone is 4. The van der Waals surface area contributed by atoms with E-state index in [9.17, 15) is 14.4 Å². The van der Waals surface area contributed by atoms with E-state index in [0.717, 1.165) is 119 Å². The molecule has 9 rings (SSSR count). The Balaban J connectivity index is 0.892. The molecule has 1 aromatic carbocycles. The molecule has 0 unspecified atom stereocenters. The van der Waals surface area contributed by atoms with Crippen LogP contribution in [0.1, 0.15) is 114 Å². The zero-order valence-electron chi connectivity index (χ0n) is 33.2. The van der Waals surface area contributed by atoms with Crippen LogP contribution in [0.15, 0.2) is 59.5 Å². The first-order valence-corrected chi connectivity index (χ1v) is 20.7. The van der Waals surface area contributed by atoms with Gasteiger partial charge in [0.25, 0.3) is 0 Å². The van der Waals surface area contributed by atoms with Gasteiger partial charge in [-0.15, -0.1) is 0 Å². The number of carbonyl (C=O) groups is 3. The second kappa shape index (κ2) is 14.9. The van der Waals surface area contributed by atoms with Gasteiger partial charge in [0.05, 0.1) is 0 Å². The molecular formula is C46H59N5O3. The van der Waals surface area contributed by atoms with Crippen LogP contribution in [-0.2, 0) is 9.59 Å². The fourth-order valence-corrected chi connectivity index (χ4v) is 11.4. The molecule has 8 nitrogen and oxygen atoms in total. The largest absolute Gasteiger partial charge is 0.355 e. The minimum absolute atomic E-state index is 0.0652. The van der Waals surface area contributed by atoms with Crippen LogP contribution in [0.4, 0.5) is 5.82 Å². The van der Waals surface area contributed by atoms with Crippen LogP contribution < -0.4 is 10.2 Å². The Morgan fingerprint density at radius 1 is 0.944 bits per heavy atom. The Kier molecular flexibility index (Phi) is 10.2. The Morgan fingerprint density at radius 3 is 2.28 bits per heavy atom. The molecule has 1 amide bonds. The van der Waals surface area contributed by atoms with Gasteiger partial charge >= 0.3 is 0 Å². The third kappa shape index (κ3) is 7.47. The number of hydrogen-bond donors (Lipinski definition) is 1. The summed E-state index contributed by atoms with van der Waals surface area (Å²) in [6, 6.07) is 8.70. The second-order valence-electron chi connectivity index (χ2n) is 18.1. The number of pyridine rings is 1. The van der Waals surface area contributed by atoms with Crippen molar-refractivity contribution >= 4 is 34.2 Å². The number of rotatable bonds is 12. The van der Waals surface area contributed by atoms with Gasteiger partial charge in [-0.05, 0) is 149 Å². The van der Waals surface area contributed by atoms with Crippen LogP contribution in [0.5, 0.6) is 0 Å². The Labute approximate surface area is 321 Å². The van der Waals surface area contributed by atoms with E-state index in [-0.39, 0.29) is 23.5 Å². The summed E-state index contributed by atoms with van der Waals surface area (Å²) in [5.74, 6) is 4.08. The Morgan fingerprint density at radius 2 is 1.65 bits per heavy atom. The van der Waals surface area contributed by atoms with Crippen molar-refractivity contribution in [2.45, 2.75) is 105 Å². The number of aryl methyl sites for hydroxylation is 1. The molecular weight excluding hydrogens is 671 g/mol.